The van der Waals surface area contributed by atoms with Gasteiger partial charge in [-0.05, 0) is 42.8 Å². The largest absolute Gasteiger partial charge is 0.457 e. The van der Waals surface area contributed by atoms with Crippen molar-refractivity contribution in [3.8, 4) is 11.5 Å². The molecule has 0 fully saturated rings. The number of ether oxygens (including phenoxy) is 1. The van der Waals surface area contributed by atoms with Crippen LogP contribution in [0.1, 0.15) is 23.0 Å². The second kappa shape index (κ2) is 9.04. The summed E-state index contributed by atoms with van der Waals surface area (Å²) in [6.45, 7) is 2.16. The van der Waals surface area contributed by atoms with Crippen LogP contribution in [0.15, 0.2) is 88.8 Å². The van der Waals surface area contributed by atoms with E-state index >= 15 is 0 Å². The maximum atomic E-state index is 12.7. The van der Waals surface area contributed by atoms with E-state index in [0.29, 0.717) is 23.1 Å². The Bertz CT molecular complexity index is 1310. The number of hydrazone groups is 1. The van der Waals surface area contributed by atoms with Crippen LogP contribution in [0.5, 0.6) is 11.5 Å². The number of nitrogens with zero attached hydrogens (tertiary/aromatic N) is 3. The van der Waals surface area contributed by atoms with Gasteiger partial charge in [0.15, 0.2) is 5.69 Å². The number of rotatable bonds is 6. The van der Waals surface area contributed by atoms with Gasteiger partial charge in [-0.3, -0.25) is 9.59 Å². The van der Waals surface area contributed by atoms with Crippen molar-refractivity contribution >= 4 is 22.9 Å². The van der Waals surface area contributed by atoms with Gasteiger partial charge in [-0.1, -0.05) is 48.5 Å². The first kappa shape index (κ1) is 20.0. The summed E-state index contributed by atoms with van der Waals surface area (Å²) in [5.74, 6) is 0.893. The van der Waals surface area contributed by atoms with Crippen molar-refractivity contribution in [2.24, 2.45) is 5.10 Å². The van der Waals surface area contributed by atoms with Crippen molar-refractivity contribution in [2.45, 2.75) is 13.5 Å². The molecule has 0 bridgehead atoms. The number of carbonyl (C=O) groups excluding carboxylic acids is 1. The van der Waals surface area contributed by atoms with Crippen molar-refractivity contribution in [1.82, 2.24) is 15.2 Å². The molecule has 4 rings (SSSR count). The van der Waals surface area contributed by atoms with Crippen molar-refractivity contribution in [1.29, 1.82) is 0 Å². The Balaban J connectivity index is 1.52. The zero-order valence-electron chi connectivity index (χ0n) is 16.9. The van der Waals surface area contributed by atoms with Gasteiger partial charge in [0.25, 0.3) is 11.5 Å². The SMILES string of the molecule is CCn1nc(C(=O)N/N=C/c2cccc(Oc3ccccc3)c2)c2ccccc2c1=O. The van der Waals surface area contributed by atoms with E-state index in [9.17, 15) is 9.59 Å². The van der Waals surface area contributed by atoms with Crippen molar-refractivity contribution in [2.75, 3.05) is 0 Å². The van der Waals surface area contributed by atoms with E-state index < -0.39 is 5.91 Å². The number of carbonyl (C=O) groups is 1. The lowest BCUT2D eigenvalue weighted by Gasteiger charge is -2.08. The van der Waals surface area contributed by atoms with E-state index in [1.54, 1.807) is 31.2 Å². The van der Waals surface area contributed by atoms with Gasteiger partial charge >= 0.3 is 0 Å². The Kier molecular flexibility index (Phi) is 5.84. The molecule has 0 saturated heterocycles. The Morgan fingerprint density at radius 1 is 1.00 bits per heavy atom. The number of hydrogen-bond acceptors (Lipinski definition) is 5. The summed E-state index contributed by atoms with van der Waals surface area (Å²) >= 11 is 0. The highest BCUT2D eigenvalue weighted by Crippen LogP contribution is 2.21. The first-order valence-corrected chi connectivity index (χ1v) is 9.82. The lowest BCUT2D eigenvalue weighted by atomic mass is 10.1. The maximum absolute atomic E-state index is 12.7. The molecule has 31 heavy (non-hydrogen) atoms. The molecule has 154 valence electrons. The standard InChI is InChI=1S/C24H20N4O3/c1-2-28-24(30)21-14-7-6-13-20(21)22(27-28)23(29)26-25-16-17-9-8-12-19(15-17)31-18-10-4-3-5-11-18/h3-16H,2H2,1H3,(H,26,29)/b25-16+. The predicted octanol–water partition coefficient (Wildman–Crippen LogP) is 3.97. The molecule has 0 radical (unpaired) electrons. The molecule has 1 amide bonds. The molecule has 0 saturated carbocycles. The number of benzene rings is 3. The Morgan fingerprint density at radius 2 is 1.71 bits per heavy atom. The zero-order valence-corrected chi connectivity index (χ0v) is 16.9. The van der Waals surface area contributed by atoms with Gasteiger partial charge in [-0.15, -0.1) is 0 Å². The fourth-order valence-electron chi connectivity index (χ4n) is 3.12. The van der Waals surface area contributed by atoms with Gasteiger partial charge in [0, 0.05) is 11.9 Å². The van der Waals surface area contributed by atoms with E-state index in [-0.39, 0.29) is 11.3 Å². The molecule has 0 unspecified atom stereocenters. The number of nitrogens with one attached hydrogen (secondary N) is 1. The highest BCUT2D eigenvalue weighted by atomic mass is 16.5. The first-order chi connectivity index (χ1) is 15.2. The molecule has 0 aliphatic carbocycles. The lowest BCUT2D eigenvalue weighted by molar-refractivity contribution is 0.0949. The van der Waals surface area contributed by atoms with Crippen LogP contribution in [-0.4, -0.2) is 21.9 Å². The van der Waals surface area contributed by atoms with Crippen LogP contribution in [0.4, 0.5) is 0 Å². The summed E-state index contributed by atoms with van der Waals surface area (Å²) in [5, 5.41) is 9.18. The second-order valence-electron chi connectivity index (χ2n) is 6.70. The number of fused-ring (bicyclic) bond motifs is 1. The third-order valence-electron chi connectivity index (χ3n) is 4.60. The minimum absolute atomic E-state index is 0.148. The minimum Gasteiger partial charge on any atom is -0.457 e. The predicted molar refractivity (Wildman–Crippen MR) is 120 cm³/mol. The molecule has 1 N–H and O–H groups in total. The average molecular weight is 412 g/mol. The van der Waals surface area contributed by atoms with Crippen LogP contribution >= 0.6 is 0 Å². The fraction of sp³-hybridized carbons (Fsp3) is 0.0833. The van der Waals surface area contributed by atoms with Gasteiger partial charge in [-0.25, -0.2) is 10.1 Å². The lowest BCUT2D eigenvalue weighted by Crippen LogP contribution is -2.28. The molecule has 1 aromatic heterocycles. The number of hydrogen-bond donors (Lipinski definition) is 1. The Hall–Kier alpha value is -4.26. The van der Waals surface area contributed by atoms with E-state index in [0.717, 1.165) is 11.3 Å². The molecule has 0 spiro atoms. The molecule has 3 aromatic carbocycles. The van der Waals surface area contributed by atoms with E-state index in [1.165, 1.54) is 10.9 Å². The summed E-state index contributed by atoms with van der Waals surface area (Å²) in [6.07, 6.45) is 1.52. The van der Waals surface area contributed by atoms with Crippen LogP contribution in [0, 0.1) is 0 Å². The van der Waals surface area contributed by atoms with Crippen molar-refractivity contribution in [3.05, 3.63) is 100 Å². The summed E-state index contributed by atoms with van der Waals surface area (Å²) in [7, 11) is 0. The molecule has 0 atom stereocenters. The van der Waals surface area contributed by atoms with Crippen LogP contribution in [0.2, 0.25) is 0 Å². The van der Waals surface area contributed by atoms with Gasteiger partial charge < -0.3 is 4.74 Å². The number of aromatic nitrogens is 2. The fourth-order valence-corrected chi connectivity index (χ4v) is 3.12. The van der Waals surface area contributed by atoms with Crippen LogP contribution < -0.4 is 15.7 Å². The molecular weight excluding hydrogens is 392 g/mol. The summed E-state index contributed by atoms with van der Waals surface area (Å²) < 4.78 is 7.08. The monoisotopic (exact) mass is 412 g/mol. The van der Waals surface area contributed by atoms with E-state index in [1.807, 2.05) is 54.6 Å². The average Bonchev–Trinajstić information content (AvgIpc) is 2.80. The van der Waals surface area contributed by atoms with Gasteiger partial charge in [-0.2, -0.15) is 10.2 Å². The molecule has 0 aliphatic rings. The molecular formula is C24H20N4O3. The van der Waals surface area contributed by atoms with Gasteiger partial charge in [0.1, 0.15) is 11.5 Å². The number of para-hydroxylation sites is 1. The highest BCUT2D eigenvalue weighted by Gasteiger charge is 2.15. The molecule has 7 heteroatoms. The van der Waals surface area contributed by atoms with E-state index in [4.69, 9.17) is 4.74 Å². The third kappa shape index (κ3) is 4.51. The quantitative estimate of drug-likeness (QED) is 0.384. The Labute approximate surface area is 178 Å². The topological polar surface area (TPSA) is 85.6 Å². The summed E-state index contributed by atoms with van der Waals surface area (Å²) in [5.41, 5.74) is 3.17. The Morgan fingerprint density at radius 3 is 2.48 bits per heavy atom. The normalized spacial score (nSPS) is 11.0. The second-order valence-corrected chi connectivity index (χ2v) is 6.70. The van der Waals surface area contributed by atoms with Crippen LogP contribution in [-0.2, 0) is 6.54 Å². The minimum atomic E-state index is -0.494. The molecule has 7 nitrogen and oxygen atoms in total. The zero-order chi connectivity index (χ0) is 21.6. The van der Waals surface area contributed by atoms with Crippen molar-refractivity contribution < 1.29 is 9.53 Å². The summed E-state index contributed by atoms with van der Waals surface area (Å²) in [4.78, 5) is 25.1. The smallest absolute Gasteiger partial charge is 0.292 e. The number of amides is 1. The van der Waals surface area contributed by atoms with Gasteiger partial charge in [0.05, 0.1) is 11.6 Å². The first-order valence-electron chi connectivity index (χ1n) is 9.82. The van der Waals surface area contributed by atoms with Crippen LogP contribution in [0.3, 0.4) is 0 Å². The van der Waals surface area contributed by atoms with Crippen LogP contribution in [0.25, 0.3) is 10.8 Å². The van der Waals surface area contributed by atoms with Gasteiger partial charge in [0.2, 0.25) is 0 Å². The third-order valence-corrected chi connectivity index (χ3v) is 4.60. The van der Waals surface area contributed by atoms with E-state index in [2.05, 4.69) is 15.6 Å². The van der Waals surface area contributed by atoms with Crippen molar-refractivity contribution in [3.63, 3.8) is 0 Å². The molecule has 4 aromatic rings. The molecule has 1 heterocycles. The highest BCUT2D eigenvalue weighted by molar-refractivity contribution is 6.04. The molecule has 0 aliphatic heterocycles. The maximum Gasteiger partial charge on any atom is 0.292 e. The number of aryl methyl sites for hydroxylation is 1. The summed E-state index contributed by atoms with van der Waals surface area (Å²) in [6, 6.07) is 23.7.